The highest BCUT2D eigenvalue weighted by molar-refractivity contribution is 6.02. The first-order valence-electron chi connectivity index (χ1n) is 6.11. The molecule has 0 fully saturated rings. The number of hydrogen-bond acceptors (Lipinski definition) is 4. The number of esters is 2. The molecule has 0 heterocycles. The van der Waals surface area contributed by atoms with Crippen LogP contribution < -0.4 is 0 Å². The molecule has 0 N–H and O–H groups in total. The van der Waals surface area contributed by atoms with E-state index in [2.05, 4.69) is 0 Å². The topological polar surface area (TPSA) is 52.6 Å². The van der Waals surface area contributed by atoms with Crippen LogP contribution in [0.3, 0.4) is 0 Å². The van der Waals surface area contributed by atoms with Gasteiger partial charge in [-0.1, -0.05) is 26.0 Å². The fourth-order valence-electron chi connectivity index (χ4n) is 1.46. The van der Waals surface area contributed by atoms with Gasteiger partial charge in [-0.3, -0.25) is 9.59 Å². The van der Waals surface area contributed by atoms with Crippen LogP contribution >= 0.6 is 0 Å². The number of carbonyl (C=O) groups is 2. The Bertz CT molecular complexity index is 263. The quantitative estimate of drug-likeness (QED) is 0.391. The molecular weight excluding hydrogens is 220 g/mol. The maximum absolute atomic E-state index is 11.9. The van der Waals surface area contributed by atoms with E-state index >= 15 is 0 Å². The van der Waals surface area contributed by atoms with Crippen molar-refractivity contribution in [3.8, 4) is 0 Å². The fourth-order valence-corrected chi connectivity index (χ4v) is 1.46. The van der Waals surface area contributed by atoms with Crippen LogP contribution in [0.1, 0.15) is 40.5 Å². The van der Waals surface area contributed by atoms with Gasteiger partial charge in [0.2, 0.25) is 0 Å². The minimum atomic E-state index is -1.29. The van der Waals surface area contributed by atoms with Gasteiger partial charge in [0.15, 0.2) is 5.41 Å². The Labute approximate surface area is 103 Å². The maximum Gasteiger partial charge on any atom is 0.327 e. The van der Waals surface area contributed by atoms with Crippen LogP contribution in [0.15, 0.2) is 12.2 Å². The molecule has 4 nitrogen and oxygen atoms in total. The lowest BCUT2D eigenvalue weighted by atomic mass is 9.84. The predicted octanol–water partition coefficient (Wildman–Crippen LogP) is 2.48. The van der Waals surface area contributed by atoms with Crippen LogP contribution in [-0.4, -0.2) is 25.2 Å². The SMILES string of the molecule is CCC=CC(CC)(C(=O)OCC)C(=O)OCC. The lowest BCUT2D eigenvalue weighted by molar-refractivity contribution is -0.168. The van der Waals surface area contributed by atoms with E-state index < -0.39 is 17.4 Å². The molecule has 0 radical (unpaired) electrons. The van der Waals surface area contributed by atoms with Crippen molar-refractivity contribution < 1.29 is 19.1 Å². The molecule has 0 aromatic rings. The molecule has 0 amide bonds. The summed E-state index contributed by atoms with van der Waals surface area (Å²) in [7, 11) is 0. The molecule has 0 bridgehead atoms. The lowest BCUT2D eigenvalue weighted by Gasteiger charge is -2.24. The Kier molecular flexibility index (Phi) is 7.26. The summed E-state index contributed by atoms with van der Waals surface area (Å²) >= 11 is 0. The molecule has 98 valence electrons. The number of rotatable bonds is 7. The van der Waals surface area contributed by atoms with E-state index in [1.807, 2.05) is 6.92 Å². The summed E-state index contributed by atoms with van der Waals surface area (Å²) in [5.74, 6) is -1.07. The van der Waals surface area contributed by atoms with Gasteiger partial charge in [0.25, 0.3) is 0 Å². The van der Waals surface area contributed by atoms with Crippen LogP contribution in [0.4, 0.5) is 0 Å². The first-order valence-corrected chi connectivity index (χ1v) is 6.11. The van der Waals surface area contributed by atoms with Crippen molar-refractivity contribution in [2.75, 3.05) is 13.2 Å². The molecule has 0 unspecified atom stereocenters. The fraction of sp³-hybridized carbons (Fsp3) is 0.692. The third-order valence-electron chi connectivity index (χ3n) is 2.48. The highest BCUT2D eigenvalue weighted by Crippen LogP contribution is 2.28. The Hall–Kier alpha value is -1.32. The molecule has 0 aliphatic heterocycles. The second kappa shape index (κ2) is 7.87. The zero-order valence-electron chi connectivity index (χ0n) is 11.1. The third-order valence-corrected chi connectivity index (χ3v) is 2.48. The van der Waals surface area contributed by atoms with Gasteiger partial charge in [0.05, 0.1) is 13.2 Å². The second-order valence-corrected chi connectivity index (χ2v) is 3.58. The average Bonchev–Trinajstić information content (AvgIpc) is 2.31. The third kappa shape index (κ3) is 3.88. The summed E-state index contributed by atoms with van der Waals surface area (Å²) < 4.78 is 9.94. The first-order chi connectivity index (χ1) is 8.08. The summed E-state index contributed by atoms with van der Waals surface area (Å²) in [6.07, 6.45) is 4.47. The van der Waals surface area contributed by atoms with Crippen molar-refractivity contribution in [2.24, 2.45) is 5.41 Å². The van der Waals surface area contributed by atoms with Crippen LogP contribution in [0.5, 0.6) is 0 Å². The highest BCUT2D eigenvalue weighted by atomic mass is 16.6. The molecule has 0 saturated heterocycles. The van der Waals surface area contributed by atoms with Gasteiger partial charge in [-0.2, -0.15) is 0 Å². The van der Waals surface area contributed by atoms with E-state index in [4.69, 9.17) is 9.47 Å². The molecule has 0 aromatic heterocycles. The Morgan fingerprint density at radius 1 is 1.00 bits per heavy atom. The van der Waals surface area contributed by atoms with Crippen molar-refractivity contribution in [3.63, 3.8) is 0 Å². The van der Waals surface area contributed by atoms with Crippen LogP contribution in [0, 0.1) is 5.41 Å². The minimum Gasteiger partial charge on any atom is -0.465 e. The summed E-state index contributed by atoms with van der Waals surface area (Å²) in [4.78, 5) is 23.9. The van der Waals surface area contributed by atoms with E-state index in [0.717, 1.165) is 6.42 Å². The second-order valence-electron chi connectivity index (χ2n) is 3.58. The molecule has 0 spiro atoms. The van der Waals surface area contributed by atoms with Gasteiger partial charge in [0.1, 0.15) is 0 Å². The van der Waals surface area contributed by atoms with Crippen molar-refractivity contribution in [3.05, 3.63) is 12.2 Å². The van der Waals surface area contributed by atoms with Gasteiger partial charge in [-0.15, -0.1) is 0 Å². The van der Waals surface area contributed by atoms with Crippen molar-refractivity contribution >= 4 is 11.9 Å². The van der Waals surface area contributed by atoms with Crippen LogP contribution in [0.25, 0.3) is 0 Å². The van der Waals surface area contributed by atoms with Crippen molar-refractivity contribution in [2.45, 2.75) is 40.5 Å². The van der Waals surface area contributed by atoms with Gasteiger partial charge in [-0.05, 0) is 26.7 Å². The number of hydrogen-bond donors (Lipinski definition) is 0. The van der Waals surface area contributed by atoms with Crippen LogP contribution in [0.2, 0.25) is 0 Å². The molecule has 0 aliphatic carbocycles. The molecule has 0 aliphatic rings. The summed E-state index contributed by atoms with van der Waals surface area (Å²) in [6, 6.07) is 0. The standard InChI is InChI=1S/C13H22O4/c1-5-9-10-13(6-2,11(14)16-7-3)12(15)17-8-4/h9-10H,5-8H2,1-4H3. The molecule has 0 atom stereocenters. The van der Waals surface area contributed by atoms with Crippen molar-refractivity contribution in [1.82, 2.24) is 0 Å². The Morgan fingerprint density at radius 3 is 1.76 bits per heavy atom. The molecule has 17 heavy (non-hydrogen) atoms. The van der Waals surface area contributed by atoms with Gasteiger partial charge in [0, 0.05) is 0 Å². The van der Waals surface area contributed by atoms with Gasteiger partial charge < -0.3 is 9.47 Å². The van der Waals surface area contributed by atoms with Crippen molar-refractivity contribution in [1.29, 1.82) is 0 Å². The van der Waals surface area contributed by atoms with Gasteiger partial charge >= 0.3 is 11.9 Å². The number of ether oxygens (including phenoxy) is 2. The van der Waals surface area contributed by atoms with E-state index in [9.17, 15) is 9.59 Å². The summed E-state index contributed by atoms with van der Waals surface area (Å²) in [5, 5.41) is 0. The van der Waals surface area contributed by atoms with E-state index in [-0.39, 0.29) is 13.2 Å². The van der Waals surface area contributed by atoms with Gasteiger partial charge in [-0.25, -0.2) is 0 Å². The first kappa shape index (κ1) is 15.7. The largest absolute Gasteiger partial charge is 0.465 e. The molecule has 4 heteroatoms. The summed E-state index contributed by atoms with van der Waals surface area (Å²) in [5.41, 5.74) is -1.29. The number of carbonyl (C=O) groups excluding carboxylic acids is 2. The van der Waals surface area contributed by atoms with E-state index in [0.29, 0.717) is 6.42 Å². The molecule has 0 rings (SSSR count). The average molecular weight is 242 g/mol. The zero-order valence-corrected chi connectivity index (χ0v) is 11.1. The Balaban J connectivity index is 5.20. The Morgan fingerprint density at radius 2 is 1.47 bits per heavy atom. The minimum absolute atomic E-state index is 0.250. The monoisotopic (exact) mass is 242 g/mol. The highest BCUT2D eigenvalue weighted by Gasteiger charge is 2.44. The van der Waals surface area contributed by atoms with E-state index in [1.165, 1.54) is 0 Å². The predicted molar refractivity (Wildman–Crippen MR) is 65.4 cm³/mol. The number of allylic oxidation sites excluding steroid dienone is 1. The molecular formula is C13H22O4. The lowest BCUT2D eigenvalue weighted by Crippen LogP contribution is -2.40. The normalized spacial score (nSPS) is 11.5. The summed E-state index contributed by atoms with van der Waals surface area (Å²) in [6.45, 7) is 7.64. The van der Waals surface area contributed by atoms with Crippen LogP contribution in [-0.2, 0) is 19.1 Å². The molecule has 0 saturated carbocycles. The zero-order chi connectivity index (χ0) is 13.3. The van der Waals surface area contributed by atoms with E-state index in [1.54, 1.807) is 32.9 Å². The molecule has 0 aromatic carbocycles. The smallest absolute Gasteiger partial charge is 0.327 e. The maximum atomic E-state index is 11.9.